The average Bonchev–Trinajstić information content (AvgIpc) is 2.80. The van der Waals surface area contributed by atoms with E-state index in [0.717, 1.165) is 5.56 Å². The molecule has 0 aliphatic carbocycles. The first kappa shape index (κ1) is 23.6. The number of aromatic nitrogens is 1. The molecule has 1 aromatic heterocycles. The van der Waals surface area contributed by atoms with E-state index >= 15 is 0 Å². The summed E-state index contributed by atoms with van der Waals surface area (Å²) in [7, 11) is 0. The molecular formula is C24H22ClN5O3. The number of anilines is 2. The maximum Gasteiger partial charge on any atom is 0.324 e. The maximum absolute atomic E-state index is 12.3. The summed E-state index contributed by atoms with van der Waals surface area (Å²) in [6, 6.07) is 16.8. The molecule has 8 nitrogen and oxygen atoms in total. The Kier molecular flexibility index (Phi) is 8.22. The van der Waals surface area contributed by atoms with Gasteiger partial charge in [-0.1, -0.05) is 29.3 Å². The third-order valence-corrected chi connectivity index (χ3v) is 4.70. The summed E-state index contributed by atoms with van der Waals surface area (Å²) in [4.78, 5) is 28.5. The largest absolute Gasteiger partial charge is 0.491 e. The van der Waals surface area contributed by atoms with Crippen LogP contribution in [0.25, 0.3) is 0 Å². The third kappa shape index (κ3) is 7.23. The van der Waals surface area contributed by atoms with E-state index in [9.17, 15) is 9.59 Å². The lowest BCUT2D eigenvalue weighted by Gasteiger charge is -2.14. The Labute approximate surface area is 196 Å². The molecule has 3 N–H and O–H groups in total. The number of aryl methyl sites for hydroxylation is 1. The molecule has 0 spiro atoms. The van der Waals surface area contributed by atoms with E-state index < -0.39 is 6.03 Å². The van der Waals surface area contributed by atoms with Crippen molar-refractivity contribution < 1.29 is 14.3 Å². The van der Waals surface area contributed by atoms with Gasteiger partial charge >= 0.3 is 6.03 Å². The van der Waals surface area contributed by atoms with Crippen LogP contribution in [0.4, 0.5) is 16.3 Å². The average molecular weight is 464 g/mol. The van der Waals surface area contributed by atoms with Gasteiger partial charge in [-0.25, -0.2) is 9.78 Å². The molecule has 9 heteroatoms. The molecule has 0 saturated heterocycles. The minimum atomic E-state index is -0.537. The summed E-state index contributed by atoms with van der Waals surface area (Å²) < 4.78 is 5.78. The van der Waals surface area contributed by atoms with Crippen molar-refractivity contribution >= 4 is 35.0 Å². The number of hydrogen-bond acceptors (Lipinski definition) is 5. The highest BCUT2D eigenvalue weighted by Crippen LogP contribution is 2.28. The number of amides is 3. The van der Waals surface area contributed by atoms with E-state index in [2.05, 4.69) is 20.9 Å². The lowest BCUT2D eigenvalue weighted by molar-refractivity contribution is 0.0951. The minimum absolute atomic E-state index is 0.138. The van der Waals surface area contributed by atoms with Crippen LogP contribution in [0.5, 0.6) is 5.75 Å². The van der Waals surface area contributed by atoms with Crippen LogP contribution in [0.2, 0.25) is 5.02 Å². The number of nitrogens with one attached hydrogen (secondary N) is 3. The number of pyridine rings is 1. The predicted octanol–water partition coefficient (Wildman–Crippen LogP) is 4.76. The fraction of sp³-hybridized carbons (Fsp3) is 0.167. The van der Waals surface area contributed by atoms with E-state index in [4.69, 9.17) is 21.6 Å². The molecule has 33 heavy (non-hydrogen) atoms. The highest BCUT2D eigenvalue weighted by molar-refractivity contribution is 6.31. The number of nitrogens with zero attached hydrogens (tertiary/aromatic N) is 2. The molecular weight excluding hydrogens is 442 g/mol. The van der Waals surface area contributed by atoms with Crippen LogP contribution in [0.1, 0.15) is 27.9 Å². The van der Waals surface area contributed by atoms with Gasteiger partial charge in [0.05, 0.1) is 17.9 Å². The molecule has 0 bridgehead atoms. The molecule has 0 atom stereocenters. The van der Waals surface area contributed by atoms with E-state index in [0.29, 0.717) is 53.0 Å². The fourth-order valence-corrected chi connectivity index (χ4v) is 3.05. The second kappa shape index (κ2) is 11.5. The number of urea groups is 1. The van der Waals surface area contributed by atoms with Crippen LogP contribution in [0.15, 0.2) is 60.8 Å². The van der Waals surface area contributed by atoms with E-state index in [1.807, 2.05) is 31.2 Å². The number of nitriles is 1. The van der Waals surface area contributed by atoms with Gasteiger partial charge in [-0.3, -0.25) is 10.1 Å². The van der Waals surface area contributed by atoms with Gasteiger partial charge in [0.15, 0.2) is 0 Å². The van der Waals surface area contributed by atoms with Gasteiger partial charge in [-0.2, -0.15) is 5.26 Å². The first-order valence-corrected chi connectivity index (χ1v) is 10.5. The Morgan fingerprint density at radius 2 is 1.97 bits per heavy atom. The van der Waals surface area contributed by atoms with Crippen LogP contribution in [-0.4, -0.2) is 30.1 Å². The molecule has 2 aromatic carbocycles. The zero-order valence-electron chi connectivity index (χ0n) is 17.9. The minimum Gasteiger partial charge on any atom is -0.491 e. The second-order valence-electron chi connectivity index (χ2n) is 7.09. The number of halogens is 1. The number of carbonyl (C=O) groups is 2. The number of carbonyl (C=O) groups excluding carboxylic acids is 2. The van der Waals surface area contributed by atoms with Crippen molar-refractivity contribution in [2.24, 2.45) is 0 Å². The SMILES string of the molecule is Cc1cccc(C(=O)NCCCOc2ccc(Cl)cc2NC(=O)Nc2ccc(C#N)cn2)c1. The zero-order valence-corrected chi connectivity index (χ0v) is 18.6. The molecule has 1 heterocycles. The molecule has 3 rings (SSSR count). The van der Waals surface area contributed by atoms with Crippen molar-refractivity contribution in [1.29, 1.82) is 5.26 Å². The van der Waals surface area contributed by atoms with Crippen molar-refractivity contribution in [2.75, 3.05) is 23.8 Å². The summed E-state index contributed by atoms with van der Waals surface area (Å²) in [5, 5.41) is 17.4. The topological polar surface area (TPSA) is 116 Å². The van der Waals surface area contributed by atoms with Gasteiger partial charge in [0.2, 0.25) is 0 Å². The van der Waals surface area contributed by atoms with Crippen molar-refractivity contribution in [3.8, 4) is 11.8 Å². The summed E-state index contributed by atoms with van der Waals surface area (Å²) in [6.45, 7) is 2.70. The lowest BCUT2D eigenvalue weighted by Crippen LogP contribution is -2.25. The van der Waals surface area contributed by atoms with Crippen molar-refractivity contribution in [2.45, 2.75) is 13.3 Å². The second-order valence-corrected chi connectivity index (χ2v) is 7.53. The van der Waals surface area contributed by atoms with Gasteiger partial charge in [-0.15, -0.1) is 0 Å². The van der Waals surface area contributed by atoms with Crippen molar-refractivity contribution in [3.63, 3.8) is 0 Å². The summed E-state index contributed by atoms with van der Waals surface area (Å²) >= 11 is 6.06. The smallest absolute Gasteiger partial charge is 0.324 e. The molecule has 0 saturated carbocycles. The number of rotatable bonds is 8. The summed E-state index contributed by atoms with van der Waals surface area (Å²) in [6.07, 6.45) is 1.93. The third-order valence-electron chi connectivity index (χ3n) is 4.47. The fourth-order valence-electron chi connectivity index (χ4n) is 2.87. The van der Waals surface area contributed by atoms with Crippen molar-refractivity contribution in [3.05, 3.63) is 82.5 Å². The van der Waals surface area contributed by atoms with E-state index in [-0.39, 0.29) is 5.91 Å². The van der Waals surface area contributed by atoms with Gasteiger partial charge in [0, 0.05) is 23.3 Å². The monoisotopic (exact) mass is 463 g/mol. The Bertz CT molecular complexity index is 1180. The molecule has 0 radical (unpaired) electrons. The Hall–Kier alpha value is -4.09. The predicted molar refractivity (Wildman–Crippen MR) is 127 cm³/mol. The Morgan fingerprint density at radius 1 is 1.12 bits per heavy atom. The quantitative estimate of drug-likeness (QED) is 0.416. The highest BCUT2D eigenvalue weighted by Gasteiger charge is 2.10. The number of ether oxygens (including phenoxy) is 1. The molecule has 0 fully saturated rings. The summed E-state index contributed by atoms with van der Waals surface area (Å²) in [5.74, 6) is 0.591. The van der Waals surface area contributed by atoms with Gasteiger partial charge in [0.25, 0.3) is 5.91 Å². The molecule has 0 aliphatic heterocycles. The maximum atomic E-state index is 12.3. The van der Waals surface area contributed by atoms with Crippen LogP contribution in [0.3, 0.4) is 0 Å². The Morgan fingerprint density at radius 3 is 2.70 bits per heavy atom. The van der Waals surface area contributed by atoms with E-state index in [1.165, 1.54) is 12.3 Å². The van der Waals surface area contributed by atoms with Gasteiger partial charge in [0.1, 0.15) is 17.6 Å². The summed E-state index contributed by atoms with van der Waals surface area (Å²) in [5.41, 5.74) is 2.41. The molecule has 0 aliphatic rings. The lowest BCUT2D eigenvalue weighted by atomic mass is 10.1. The normalized spacial score (nSPS) is 10.1. The van der Waals surface area contributed by atoms with E-state index in [1.54, 1.807) is 30.3 Å². The highest BCUT2D eigenvalue weighted by atomic mass is 35.5. The first-order chi connectivity index (χ1) is 15.9. The first-order valence-electron chi connectivity index (χ1n) is 10.2. The standard InChI is InChI=1S/C24H22ClN5O3/c1-16-4-2-5-18(12-16)23(31)27-10-3-11-33-21-8-7-19(25)13-20(21)29-24(32)30-22-9-6-17(14-26)15-28-22/h2,4-9,12-13,15H,3,10-11H2,1H3,(H,27,31)(H2,28,29,30,32). The number of hydrogen-bond donors (Lipinski definition) is 3. The molecule has 3 amide bonds. The molecule has 0 unspecified atom stereocenters. The van der Waals surface area contributed by atoms with Crippen LogP contribution >= 0.6 is 11.6 Å². The van der Waals surface area contributed by atoms with Crippen LogP contribution in [-0.2, 0) is 0 Å². The van der Waals surface area contributed by atoms with Crippen LogP contribution in [0, 0.1) is 18.3 Å². The van der Waals surface area contributed by atoms with Gasteiger partial charge < -0.3 is 15.4 Å². The molecule has 3 aromatic rings. The zero-order chi connectivity index (χ0) is 23.6. The Balaban J connectivity index is 1.50. The van der Waals surface area contributed by atoms with Gasteiger partial charge in [-0.05, 0) is 55.8 Å². The molecule has 168 valence electrons. The van der Waals surface area contributed by atoms with Crippen molar-refractivity contribution in [1.82, 2.24) is 10.3 Å². The van der Waals surface area contributed by atoms with Crippen LogP contribution < -0.4 is 20.7 Å². The number of benzene rings is 2.